The number of nitrogens with zero attached hydrogens (tertiary/aromatic N) is 2. The van der Waals surface area contributed by atoms with Crippen LogP contribution in [-0.2, 0) is 17.9 Å². The van der Waals surface area contributed by atoms with Crippen molar-refractivity contribution in [2.75, 3.05) is 12.0 Å². The van der Waals surface area contributed by atoms with E-state index in [9.17, 15) is 4.79 Å². The van der Waals surface area contributed by atoms with Crippen LogP contribution >= 0.6 is 22.7 Å². The van der Waals surface area contributed by atoms with E-state index in [2.05, 4.69) is 26.7 Å². The summed E-state index contributed by atoms with van der Waals surface area (Å²) in [5.41, 5.74) is 2.05. The fourth-order valence-corrected chi connectivity index (χ4v) is 3.74. The van der Waals surface area contributed by atoms with E-state index in [0.717, 1.165) is 23.7 Å². The largest absolute Gasteiger partial charge is 0.378 e. The maximum Gasteiger partial charge on any atom is 0.186 e. The molecule has 2 aromatic heterocycles. The Hall–Kier alpha value is -1.24. The van der Waals surface area contributed by atoms with Gasteiger partial charge in [0.2, 0.25) is 0 Å². The van der Waals surface area contributed by atoms with Crippen molar-refractivity contribution in [2.24, 2.45) is 0 Å². The summed E-state index contributed by atoms with van der Waals surface area (Å²) in [7, 11) is 1.62. The number of aromatic nitrogens is 1. The molecule has 0 unspecified atom stereocenters. The van der Waals surface area contributed by atoms with Gasteiger partial charge in [0.1, 0.15) is 0 Å². The van der Waals surface area contributed by atoms with Crippen molar-refractivity contribution in [3.8, 4) is 0 Å². The van der Waals surface area contributed by atoms with E-state index in [1.54, 1.807) is 18.4 Å². The molecule has 0 spiro atoms. The van der Waals surface area contributed by atoms with Gasteiger partial charge in [-0.2, -0.15) is 11.3 Å². The van der Waals surface area contributed by atoms with Crippen molar-refractivity contribution >= 4 is 34.1 Å². The molecule has 1 aliphatic carbocycles. The third kappa shape index (κ3) is 2.92. The highest BCUT2D eigenvalue weighted by atomic mass is 32.1. The van der Waals surface area contributed by atoms with Crippen LogP contribution in [0.15, 0.2) is 16.8 Å². The lowest BCUT2D eigenvalue weighted by atomic mass is 10.3. The van der Waals surface area contributed by atoms with E-state index < -0.39 is 0 Å². The summed E-state index contributed by atoms with van der Waals surface area (Å²) < 4.78 is 5.11. The number of carbonyl (C=O) groups excluding carboxylic acids is 1. The van der Waals surface area contributed by atoms with Gasteiger partial charge in [-0.3, -0.25) is 4.79 Å². The minimum atomic E-state index is 0.390. The molecule has 0 amide bonds. The summed E-state index contributed by atoms with van der Waals surface area (Å²) >= 11 is 3.18. The highest BCUT2D eigenvalue weighted by Gasteiger charge is 2.31. The summed E-state index contributed by atoms with van der Waals surface area (Å²) in [6.45, 7) is 1.26. The van der Waals surface area contributed by atoms with Crippen molar-refractivity contribution < 1.29 is 9.53 Å². The molecule has 1 saturated carbocycles. The standard InChI is InChI=1S/C14H16N2O2S2/c1-18-8-12-13(7-17)20-14(15-12)16(11-2-3-11)6-10-4-5-19-9-10/h4-5,7,9,11H,2-3,6,8H2,1H3. The van der Waals surface area contributed by atoms with Crippen molar-refractivity contribution in [3.63, 3.8) is 0 Å². The Kier molecular flexibility index (Phi) is 4.14. The highest BCUT2D eigenvalue weighted by Crippen LogP contribution is 2.36. The Balaban J connectivity index is 1.85. The zero-order valence-corrected chi connectivity index (χ0v) is 12.9. The van der Waals surface area contributed by atoms with Gasteiger partial charge in [0.15, 0.2) is 11.4 Å². The number of thiazole rings is 1. The van der Waals surface area contributed by atoms with E-state index in [4.69, 9.17) is 4.74 Å². The number of rotatable bonds is 7. The smallest absolute Gasteiger partial charge is 0.186 e. The molecule has 0 saturated heterocycles. The van der Waals surface area contributed by atoms with E-state index in [1.807, 2.05) is 0 Å². The average Bonchev–Trinajstić information content (AvgIpc) is 3.00. The van der Waals surface area contributed by atoms with E-state index >= 15 is 0 Å². The van der Waals surface area contributed by atoms with Crippen LogP contribution in [0.25, 0.3) is 0 Å². The lowest BCUT2D eigenvalue weighted by Gasteiger charge is -2.20. The zero-order valence-electron chi connectivity index (χ0n) is 11.2. The molecule has 0 radical (unpaired) electrons. The third-order valence-electron chi connectivity index (χ3n) is 3.27. The first-order valence-electron chi connectivity index (χ1n) is 6.53. The molecule has 0 bridgehead atoms. The fraction of sp³-hybridized carbons (Fsp3) is 0.429. The minimum Gasteiger partial charge on any atom is -0.378 e. The van der Waals surface area contributed by atoms with Gasteiger partial charge < -0.3 is 9.64 Å². The summed E-state index contributed by atoms with van der Waals surface area (Å²) in [5.74, 6) is 0. The highest BCUT2D eigenvalue weighted by molar-refractivity contribution is 7.17. The van der Waals surface area contributed by atoms with E-state index in [-0.39, 0.29) is 0 Å². The van der Waals surface area contributed by atoms with Gasteiger partial charge in [-0.05, 0) is 35.2 Å². The molecule has 2 aromatic rings. The van der Waals surface area contributed by atoms with Gasteiger partial charge in [-0.1, -0.05) is 11.3 Å². The van der Waals surface area contributed by atoms with Crippen LogP contribution in [-0.4, -0.2) is 24.4 Å². The van der Waals surface area contributed by atoms with Crippen molar-refractivity contribution in [1.82, 2.24) is 4.98 Å². The Morgan fingerprint density at radius 3 is 3.00 bits per heavy atom. The molecule has 6 heteroatoms. The second kappa shape index (κ2) is 6.03. The monoisotopic (exact) mass is 308 g/mol. The van der Waals surface area contributed by atoms with Gasteiger partial charge in [0, 0.05) is 19.7 Å². The Bertz CT molecular complexity index is 576. The van der Waals surface area contributed by atoms with Crippen LogP contribution in [0, 0.1) is 0 Å². The molecule has 0 aromatic carbocycles. The van der Waals surface area contributed by atoms with Crippen LogP contribution in [0.5, 0.6) is 0 Å². The molecular formula is C14H16N2O2S2. The number of thiophene rings is 1. The minimum absolute atomic E-state index is 0.390. The zero-order chi connectivity index (χ0) is 13.9. The SMILES string of the molecule is COCc1nc(N(Cc2ccsc2)C2CC2)sc1C=O. The van der Waals surface area contributed by atoms with Gasteiger partial charge in [-0.15, -0.1) is 0 Å². The van der Waals surface area contributed by atoms with Gasteiger partial charge in [0.25, 0.3) is 0 Å². The van der Waals surface area contributed by atoms with Crippen molar-refractivity contribution in [1.29, 1.82) is 0 Å². The summed E-state index contributed by atoms with van der Waals surface area (Å²) in [6, 6.07) is 2.71. The normalized spacial score (nSPS) is 14.4. The van der Waals surface area contributed by atoms with E-state index in [1.165, 1.54) is 29.7 Å². The van der Waals surface area contributed by atoms with Gasteiger partial charge >= 0.3 is 0 Å². The van der Waals surface area contributed by atoms with Crippen LogP contribution in [0.1, 0.15) is 33.8 Å². The molecule has 2 heterocycles. The molecular weight excluding hydrogens is 292 g/mol. The number of anilines is 1. The second-order valence-electron chi connectivity index (χ2n) is 4.85. The number of ether oxygens (including phenoxy) is 1. The summed E-state index contributed by atoms with van der Waals surface area (Å²) in [4.78, 5) is 18.7. The number of hydrogen-bond donors (Lipinski definition) is 0. The first-order valence-corrected chi connectivity index (χ1v) is 8.29. The summed E-state index contributed by atoms with van der Waals surface area (Å²) in [5, 5.41) is 5.20. The first kappa shape index (κ1) is 13.7. The number of methoxy groups -OCH3 is 1. The molecule has 20 heavy (non-hydrogen) atoms. The Morgan fingerprint density at radius 2 is 2.40 bits per heavy atom. The number of hydrogen-bond acceptors (Lipinski definition) is 6. The molecule has 106 valence electrons. The topological polar surface area (TPSA) is 42.4 Å². The molecule has 0 aliphatic heterocycles. The van der Waals surface area contributed by atoms with Crippen molar-refractivity contribution in [2.45, 2.75) is 32.0 Å². The Morgan fingerprint density at radius 1 is 1.55 bits per heavy atom. The molecule has 1 fully saturated rings. The van der Waals surface area contributed by atoms with E-state index in [0.29, 0.717) is 17.5 Å². The molecule has 1 aliphatic rings. The fourth-order valence-electron chi connectivity index (χ4n) is 2.12. The number of carbonyl (C=O) groups is 1. The maximum atomic E-state index is 11.1. The maximum absolute atomic E-state index is 11.1. The van der Waals surface area contributed by atoms with Gasteiger partial charge in [-0.25, -0.2) is 4.98 Å². The molecule has 0 atom stereocenters. The predicted molar refractivity (Wildman–Crippen MR) is 81.7 cm³/mol. The predicted octanol–water partition coefficient (Wildman–Crippen LogP) is 3.33. The second-order valence-corrected chi connectivity index (χ2v) is 6.64. The molecule has 3 rings (SSSR count). The van der Waals surface area contributed by atoms with Crippen LogP contribution in [0.2, 0.25) is 0 Å². The lowest BCUT2D eigenvalue weighted by molar-refractivity contribution is 0.112. The van der Waals surface area contributed by atoms with Crippen LogP contribution in [0.3, 0.4) is 0 Å². The summed E-state index contributed by atoms with van der Waals surface area (Å²) in [6.07, 6.45) is 3.30. The lowest BCUT2D eigenvalue weighted by Crippen LogP contribution is -2.24. The van der Waals surface area contributed by atoms with Crippen LogP contribution in [0.4, 0.5) is 5.13 Å². The number of aldehydes is 1. The quantitative estimate of drug-likeness (QED) is 0.736. The van der Waals surface area contributed by atoms with Crippen LogP contribution < -0.4 is 4.90 Å². The Labute approximate surface area is 126 Å². The third-order valence-corrected chi connectivity index (χ3v) is 5.06. The van der Waals surface area contributed by atoms with Crippen molar-refractivity contribution in [3.05, 3.63) is 33.0 Å². The first-order chi connectivity index (χ1) is 9.81. The molecule has 0 N–H and O–H groups in total. The average molecular weight is 308 g/mol. The van der Waals surface area contributed by atoms with Gasteiger partial charge in [0.05, 0.1) is 17.2 Å². The molecule has 4 nitrogen and oxygen atoms in total.